The Labute approximate surface area is 182 Å². The van der Waals surface area contributed by atoms with E-state index in [1.165, 1.54) is 5.57 Å². The standard InChI is InChI=1S/C23H24N4O3.CH4/c1-13-22(14(2)30-26-13)17-8-18-11-27(12-19(18)9-17)21(29)6-3-15-7-16-4-5-20(28)25-23(16)24-10-15;/h3,6-8,10,18-19H,4-5,9,11-12H2,1-2H3,(H,24,25,28);1H4/b6-3+;. The molecule has 7 heteroatoms. The molecule has 3 aliphatic rings. The predicted octanol–water partition coefficient (Wildman–Crippen LogP) is 3.78. The summed E-state index contributed by atoms with van der Waals surface area (Å²) in [5, 5.41) is 6.84. The van der Waals surface area contributed by atoms with Crippen molar-refractivity contribution in [3.05, 3.63) is 52.6 Å². The van der Waals surface area contributed by atoms with Gasteiger partial charge in [0.15, 0.2) is 0 Å². The summed E-state index contributed by atoms with van der Waals surface area (Å²) in [6, 6.07) is 1.99. The van der Waals surface area contributed by atoms with E-state index in [9.17, 15) is 9.59 Å². The van der Waals surface area contributed by atoms with Crippen LogP contribution < -0.4 is 5.32 Å². The van der Waals surface area contributed by atoms with Crippen LogP contribution in [0.25, 0.3) is 11.6 Å². The molecule has 0 spiro atoms. The molecule has 0 radical (unpaired) electrons. The second-order valence-electron chi connectivity index (χ2n) is 8.42. The highest BCUT2D eigenvalue weighted by Gasteiger charge is 2.38. The Kier molecular flexibility index (Phi) is 5.52. The molecule has 7 nitrogen and oxygen atoms in total. The fraction of sp³-hybridized carbons (Fsp3) is 0.417. The zero-order valence-electron chi connectivity index (χ0n) is 17.1. The largest absolute Gasteiger partial charge is 0.361 e. The van der Waals surface area contributed by atoms with Gasteiger partial charge in [-0.05, 0) is 67.4 Å². The van der Waals surface area contributed by atoms with Gasteiger partial charge in [-0.2, -0.15) is 0 Å². The molecular weight excluding hydrogens is 392 g/mol. The number of pyridine rings is 1. The minimum atomic E-state index is -0.000358. The summed E-state index contributed by atoms with van der Waals surface area (Å²) in [6.45, 7) is 5.44. The highest BCUT2D eigenvalue weighted by atomic mass is 16.5. The summed E-state index contributed by atoms with van der Waals surface area (Å²) >= 11 is 0. The van der Waals surface area contributed by atoms with Gasteiger partial charge in [0.25, 0.3) is 0 Å². The average molecular weight is 421 g/mol. The van der Waals surface area contributed by atoms with Crippen LogP contribution in [0.15, 0.2) is 28.9 Å². The Morgan fingerprint density at radius 2 is 2.13 bits per heavy atom. The number of aromatic nitrogens is 2. The van der Waals surface area contributed by atoms with E-state index in [1.54, 1.807) is 12.3 Å². The molecule has 1 fully saturated rings. The van der Waals surface area contributed by atoms with Crippen molar-refractivity contribution in [3.8, 4) is 0 Å². The van der Waals surface area contributed by atoms with Gasteiger partial charge in [-0.1, -0.05) is 18.7 Å². The van der Waals surface area contributed by atoms with Gasteiger partial charge in [0.05, 0.1) is 5.69 Å². The monoisotopic (exact) mass is 420 g/mol. The van der Waals surface area contributed by atoms with Gasteiger partial charge in [-0.15, -0.1) is 0 Å². The number of amides is 2. The molecule has 0 aromatic carbocycles. The number of hydrogen-bond acceptors (Lipinski definition) is 5. The number of anilines is 1. The fourth-order valence-corrected chi connectivity index (χ4v) is 4.86. The molecule has 1 N–H and O–H groups in total. The lowest BCUT2D eigenvalue weighted by molar-refractivity contribution is -0.125. The normalized spacial score (nSPS) is 22.1. The zero-order valence-corrected chi connectivity index (χ0v) is 17.1. The first-order valence-corrected chi connectivity index (χ1v) is 10.4. The minimum absolute atomic E-state index is 0. The average Bonchev–Trinajstić information content (AvgIpc) is 3.39. The van der Waals surface area contributed by atoms with Crippen molar-refractivity contribution in [2.24, 2.45) is 11.8 Å². The second kappa shape index (κ2) is 8.13. The summed E-state index contributed by atoms with van der Waals surface area (Å²) < 4.78 is 5.31. The molecule has 2 amide bonds. The van der Waals surface area contributed by atoms with Crippen LogP contribution in [0.4, 0.5) is 5.82 Å². The van der Waals surface area contributed by atoms with E-state index in [-0.39, 0.29) is 19.2 Å². The molecule has 2 aliphatic heterocycles. The van der Waals surface area contributed by atoms with Crippen LogP contribution in [-0.4, -0.2) is 39.9 Å². The third-order valence-corrected chi connectivity index (χ3v) is 6.34. The van der Waals surface area contributed by atoms with Crippen molar-refractivity contribution in [1.29, 1.82) is 0 Å². The first kappa shape index (κ1) is 21.0. The molecule has 5 rings (SSSR count). The summed E-state index contributed by atoms with van der Waals surface area (Å²) in [5.74, 6) is 2.37. The van der Waals surface area contributed by atoms with Gasteiger partial charge >= 0.3 is 0 Å². The molecule has 2 aromatic heterocycles. The highest BCUT2D eigenvalue weighted by Crippen LogP contribution is 2.42. The molecular formula is C24H28N4O3. The summed E-state index contributed by atoms with van der Waals surface area (Å²) in [4.78, 5) is 30.4. The quantitative estimate of drug-likeness (QED) is 0.764. The van der Waals surface area contributed by atoms with Crippen LogP contribution in [0.2, 0.25) is 0 Å². The SMILES string of the molecule is C.Cc1noc(C)c1C1=CC2CN(C(=O)/C=C/c3cnc4c(c3)CCC(=O)N4)CC2C1. The molecule has 2 atom stereocenters. The van der Waals surface area contributed by atoms with E-state index in [1.807, 2.05) is 30.9 Å². The number of allylic oxidation sites excluding steroid dienone is 1. The van der Waals surface area contributed by atoms with E-state index in [0.29, 0.717) is 30.5 Å². The third-order valence-electron chi connectivity index (χ3n) is 6.34. The smallest absolute Gasteiger partial charge is 0.246 e. The summed E-state index contributed by atoms with van der Waals surface area (Å²) in [5.41, 5.74) is 5.26. The molecule has 4 heterocycles. The third kappa shape index (κ3) is 3.92. The maximum atomic E-state index is 12.7. The molecule has 0 bridgehead atoms. The van der Waals surface area contributed by atoms with Gasteiger partial charge in [-0.3, -0.25) is 9.59 Å². The van der Waals surface area contributed by atoms with Gasteiger partial charge in [0.2, 0.25) is 11.8 Å². The number of carbonyl (C=O) groups excluding carboxylic acids is 2. The van der Waals surface area contributed by atoms with Crippen molar-refractivity contribution in [1.82, 2.24) is 15.0 Å². The summed E-state index contributed by atoms with van der Waals surface area (Å²) in [7, 11) is 0. The van der Waals surface area contributed by atoms with Crippen LogP contribution in [0, 0.1) is 25.7 Å². The van der Waals surface area contributed by atoms with E-state index in [2.05, 4.69) is 21.5 Å². The maximum Gasteiger partial charge on any atom is 0.246 e. The Balaban J connectivity index is 0.00000231. The van der Waals surface area contributed by atoms with Crippen molar-refractivity contribution >= 4 is 29.3 Å². The lowest BCUT2D eigenvalue weighted by atomic mass is 9.98. The number of nitrogens with zero attached hydrogens (tertiary/aromatic N) is 3. The van der Waals surface area contributed by atoms with Crippen molar-refractivity contribution < 1.29 is 14.1 Å². The van der Waals surface area contributed by atoms with E-state index >= 15 is 0 Å². The predicted molar refractivity (Wildman–Crippen MR) is 119 cm³/mol. The maximum absolute atomic E-state index is 12.7. The van der Waals surface area contributed by atoms with Gasteiger partial charge < -0.3 is 14.7 Å². The van der Waals surface area contributed by atoms with E-state index in [4.69, 9.17) is 4.52 Å². The number of hydrogen-bond donors (Lipinski definition) is 1. The number of fused-ring (bicyclic) bond motifs is 2. The number of rotatable bonds is 3. The molecule has 1 saturated heterocycles. The van der Waals surface area contributed by atoms with Crippen LogP contribution in [0.1, 0.15) is 48.4 Å². The number of carbonyl (C=O) groups is 2. The van der Waals surface area contributed by atoms with Gasteiger partial charge in [0.1, 0.15) is 11.6 Å². The first-order chi connectivity index (χ1) is 14.5. The number of aryl methyl sites for hydroxylation is 3. The van der Waals surface area contributed by atoms with Gasteiger partial charge in [0, 0.05) is 37.3 Å². The van der Waals surface area contributed by atoms with Crippen molar-refractivity contribution in [2.45, 2.75) is 40.5 Å². The molecule has 31 heavy (non-hydrogen) atoms. The first-order valence-electron chi connectivity index (χ1n) is 10.4. The fourth-order valence-electron chi connectivity index (χ4n) is 4.86. The topological polar surface area (TPSA) is 88.3 Å². The zero-order chi connectivity index (χ0) is 20.8. The second-order valence-corrected chi connectivity index (χ2v) is 8.42. The number of likely N-dealkylation sites (tertiary alicyclic amines) is 1. The van der Waals surface area contributed by atoms with Gasteiger partial charge in [-0.25, -0.2) is 4.98 Å². The van der Waals surface area contributed by atoms with Crippen LogP contribution in [0.5, 0.6) is 0 Å². The van der Waals surface area contributed by atoms with Crippen molar-refractivity contribution in [2.75, 3.05) is 18.4 Å². The van der Waals surface area contributed by atoms with E-state index < -0.39 is 0 Å². The Hall–Kier alpha value is -3.22. The lowest BCUT2D eigenvalue weighted by Gasteiger charge is -2.16. The molecule has 2 aromatic rings. The lowest BCUT2D eigenvalue weighted by Crippen LogP contribution is -2.27. The van der Waals surface area contributed by atoms with Crippen molar-refractivity contribution in [3.63, 3.8) is 0 Å². The molecule has 0 saturated carbocycles. The van der Waals surface area contributed by atoms with Crippen LogP contribution >= 0.6 is 0 Å². The highest BCUT2D eigenvalue weighted by molar-refractivity contribution is 5.94. The minimum Gasteiger partial charge on any atom is -0.361 e. The Bertz CT molecular complexity index is 1080. The molecule has 162 valence electrons. The van der Waals surface area contributed by atoms with E-state index in [0.717, 1.165) is 47.7 Å². The van der Waals surface area contributed by atoms with Crippen LogP contribution in [0.3, 0.4) is 0 Å². The van der Waals surface area contributed by atoms with Crippen LogP contribution in [-0.2, 0) is 16.0 Å². The Morgan fingerprint density at radius 1 is 1.29 bits per heavy atom. The molecule has 1 aliphatic carbocycles. The summed E-state index contributed by atoms with van der Waals surface area (Å²) in [6.07, 6.45) is 9.54. The Morgan fingerprint density at radius 3 is 2.87 bits per heavy atom. The number of nitrogens with one attached hydrogen (secondary N) is 1. The molecule has 2 unspecified atom stereocenters.